The lowest BCUT2D eigenvalue weighted by Gasteiger charge is -2.12. The van der Waals surface area contributed by atoms with Gasteiger partial charge in [0.15, 0.2) is 17.2 Å². The number of halogens is 4. The lowest BCUT2D eigenvalue weighted by Crippen LogP contribution is -2.27. The van der Waals surface area contributed by atoms with E-state index in [1.165, 1.54) is 29.2 Å². The first-order valence-electron chi connectivity index (χ1n) is 8.85. The van der Waals surface area contributed by atoms with Crippen molar-refractivity contribution in [3.05, 3.63) is 83.8 Å². The van der Waals surface area contributed by atoms with Gasteiger partial charge < -0.3 is 5.32 Å². The van der Waals surface area contributed by atoms with Gasteiger partial charge in [-0.2, -0.15) is 18.3 Å². The molecule has 0 radical (unpaired) electrons. The van der Waals surface area contributed by atoms with E-state index < -0.39 is 29.3 Å². The van der Waals surface area contributed by atoms with Gasteiger partial charge in [-0.3, -0.25) is 4.79 Å². The maximum Gasteiger partial charge on any atom is 0.435 e. The number of benzene rings is 1. The summed E-state index contributed by atoms with van der Waals surface area (Å²) < 4.78 is 56.4. The smallest absolute Gasteiger partial charge is 0.346 e. The first-order valence-corrected chi connectivity index (χ1v) is 8.85. The zero-order chi connectivity index (χ0) is 22.0. The molecular weight excluding hydrogens is 418 g/mol. The maximum absolute atomic E-state index is 13.7. The monoisotopic (exact) mass is 431 g/mol. The van der Waals surface area contributed by atoms with Gasteiger partial charge in [-0.1, -0.05) is 17.3 Å². The average molecular weight is 431 g/mol. The molecule has 0 bridgehead atoms. The van der Waals surface area contributed by atoms with Crippen LogP contribution in [0.2, 0.25) is 0 Å². The molecule has 0 atom stereocenters. The van der Waals surface area contributed by atoms with E-state index in [1.807, 2.05) is 0 Å². The Morgan fingerprint density at radius 1 is 1.10 bits per heavy atom. The topological polar surface area (TPSA) is 90.5 Å². The highest BCUT2D eigenvalue weighted by atomic mass is 19.4. The molecule has 12 heteroatoms. The van der Waals surface area contributed by atoms with E-state index >= 15 is 0 Å². The zero-order valence-corrected chi connectivity index (χ0v) is 15.6. The highest BCUT2D eigenvalue weighted by Gasteiger charge is 2.42. The van der Waals surface area contributed by atoms with Crippen molar-refractivity contribution in [2.75, 3.05) is 0 Å². The predicted molar refractivity (Wildman–Crippen MR) is 98.8 cm³/mol. The standard InChI is InChI=1S/C19H13F4N7O/c20-13-5-1-6-14(10-13)30-16(19(21,22)23)15(27-28-30)18(31)25-11-12-4-2-7-24-17(12)29-9-3-8-26-29/h1-10H,11H2,(H,25,31). The van der Waals surface area contributed by atoms with Gasteiger partial charge in [-0.05, 0) is 30.3 Å². The number of nitrogens with one attached hydrogen (secondary N) is 1. The van der Waals surface area contributed by atoms with Crippen LogP contribution in [-0.4, -0.2) is 35.7 Å². The molecular formula is C19H13F4N7O. The van der Waals surface area contributed by atoms with E-state index in [1.54, 1.807) is 24.4 Å². The van der Waals surface area contributed by atoms with Gasteiger partial charge in [0.05, 0.1) is 5.69 Å². The Bertz CT molecular complexity index is 1220. The number of pyridine rings is 1. The maximum atomic E-state index is 13.7. The van der Waals surface area contributed by atoms with Crippen LogP contribution in [0.4, 0.5) is 17.6 Å². The lowest BCUT2D eigenvalue weighted by molar-refractivity contribution is -0.143. The molecule has 1 amide bonds. The molecule has 3 heterocycles. The van der Waals surface area contributed by atoms with Crippen molar-refractivity contribution in [1.82, 2.24) is 35.1 Å². The molecule has 31 heavy (non-hydrogen) atoms. The van der Waals surface area contributed by atoms with Crippen LogP contribution in [0.25, 0.3) is 11.5 Å². The van der Waals surface area contributed by atoms with Gasteiger partial charge >= 0.3 is 6.18 Å². The molecule has 1 N–H and O–H groups in total. The number of amides is 1. The van der Waals surface area contributed by atoms with Crippen molar-refractivity contribution in [2.24, 2.45) is 0 Å². The fraction of sp³-hybridized carbons (Fsp3) is 0.105. The van der Waals surface area contributed by atoms with E-state index in [0.29, 0.717) is 16.1 Å². The molecule has 3 aromatic heterocycles. The summed E-state index contributed by atoms with van der Waals surface area (Å²) in [5.41, 5.74) is -2.03. The second kappa shape index (κ2) is 7.97. The first kappa shape index (κ1) is 20.2. The number of carbonyl (C=O) groups is 1. The summed E-state index contributed by atoms with van der Waals surface area (Å²) >= 11 is 0. The van der Waals surface area contributed by atoms with Gasteiger partial charge in [0, 0.05) is 30.7 Å². The van der Waals surface area contributed by atoms with Crippen LogP contribution in [0.1, 0.15) is 21.7 Å². The second-order valence-electron chi connectivity index (χ2n) is 6.30. The molecule has 1 aromatic carbocycles. The van der Waals surface area contributed by atoms with E-state index in [0.717, 1.165) is 12.1 Å². The van der Waals surface area contributed by atoms with Gasteiger partial charge in [-0.25, -0.2) is 18.7 Å². The molecule has 0 saturated carbocycles. The summed E-state index contributed by atoms with van der Waals surface area (Å²) in [6.07, 6.45) is -0.261. The molecule has 0 aliphatic carbocycles. The van der Waals surface area contributed by atoms with Crippen molar-refractivity contribution in [2.45, 2.75) is 12.7 Å². The minimum absolute atomic E-state index is 0.133. The van der Waals surface area contributed by atoms with E-state index in [2.05, 4.69) is 25.7 Å². The number of hydrogen-bond donors (Lipinski definition) is 1. The molecule has 4 rings (SSSR count). The molecule has 0 saturated heterocycles. The predicted octanol–water partition coefficient (Wildman–Crippen LogP) is 2.94. The van der Waals surface area contributed by atoms with Crippen molar-refractivity contribution < 1.29 is 22.4 Å². The van der Waals surface area contributed by atoms with Crippen LogP contribution >= 0.6 is 0 Å². The molecule has 0 spiro atoms. The molecule has 0 aliphatic heterocycles. The third-order valence-corrected chi connectivity index (χ3v) is 4.23. The van der Waals surface area contributed by atoms with Crippen molar-refractivity contribution in [3.63, 3.8) is 0 Å². The van der Waals surface area contributed by atoms with Crippen LogP contribution < -0.4 is 5.32 Å². The van der Waals surface area contributed by atoms with Crippen LogP contribution in [0.5, 0.6) is 0 Å². The summed E-state index contributed by atoms with van der Waals surface area (Å²) in [5.74, 6) is -1.44. The number of rotatable bonds is 5. The van der Waals surface area contributed by atoms with Crippen molar-refractivity contribution in [1.29, 1.82) is 0 Å². The highest BCUT2D eigenvalue weighted by molar-refractivity contribution is 5.93. The summed E-state index contributed by atoms with van der Waals surface area (Å²) in [5, 5.41) is 13.3. The Kier molecular flexibility index (Phi) is 5.19. The van der Waals surface area contributed by atoms with Gasteiger partial charge in [0.1, 0.15) is 5.82 Å². The van der Waals surface area contributed by atoms with Crippen molar-refractivity contribution in [3.8, 4) is 11.5 Å². The van der Waals surface area contributed by atoms with Crippen LogP contribution in [-0.2, 0) is 12.7 Å². The molecule has 0 aliphatic rings. The summed E-state index contributed by atoms with van der Waals surface area (Å²) in [6.45, 7) is -0.133. The second-order valence-corrected chi connectivity index (χ2v) is 6.30. The number of carbonyl (C=O) groups excluding carboxylic acids is 1. The highest BCUT2D eigenvalue weighted by Crippen LogP contribution is 2.32. The number of alkyl halides is 3. The third kappa shape index (κ3) is 4.13. The zero-order valence-electron chi connectivity index (χ0n) is 15.6. The van der Waals surface area contributed by atoms with E-state index in [4.69, 9.17) is 0 Å². The quantitative estimate of drug-likeness (QED) is 0.491. The number of nitrogens with zero attached hydrogens (tertiary/aromatic N) is 6. The van der Waals surface area contributed by atoms with Gasteiger partial charge in [-0.15, -0.1) is 5.10 Å². The average Bonchev–Trinajstić information content (AvgIpc) is 3.42. The number of hydrogen-bond acceptors (Lipinski definition) is 5. The lowest BCUT2D eigenvalue weighted by atomic mass is 10.2. The van der Waals surface area contributed by atoms with E-state index in [9.17, 15) is 22.4 Å². The van der Waals surface area contributed by atoms with Crippen LogP contribution in [0.3, 0.4) is 0 Å². The fourth-order valence-corrected chi connectivity index (χ4v) is 2.91. The minimum Gasteiger partial charge on any atom is -0.346 e. The largest absolute Gasteiger partial charge is 0.435 e. The third-order valence-electron chi connectivity index (χ3n) is 4.23. The van der Waals surface area contributed by atoms with Gasteiger partial charge in [0.2, 0.25) is 0 Å². The normalized spacial score (nSPS) is 11.5. The summed E-state index contributed by atoms with van der Waals surface area (Å²) in [6, 6.07) is 9.34. The Morgan fingerprint density at radius 2 is 1.94 bits per heavy atom. The molecule has 8 nitrogen and oxygen atoms in total. The molecule has 0 unspecified atom stereocenters. The van der Waals surface area contributed by atoms with Crippen molar-refractivity contribution >= 4 is 5.91 Å². The molecule has 158 valence electrons. The fourth-order valence-electron chi connectivity index (χ4n) is 2.91. The molecule has 4 aromatic rings. The van der Waals surface area contributed by atoms with Gasteiger partial charge in [0.25, 0.3) is 5.91 Å². The van der Waals surface area contributed by atoms with Crippen LogP contribution in [0, 0.1) is 5.82 Å². The minimum atomic E-state index is -4.96. The Hall–Kier alpha value is -4.09. The first-order chi connectivity index (χ1) is 14.8. The van der Waals surface area contributed by atoms with Crippen LogP contribution in [0.15, 0.2) is 61.1 Å². The Balaban J connectivity index is 1.63. The van der Waals surface area contributed by atoms with E-state index in [-0.39, 0.29) is 12.2 Å². The Morgan fingerprint density at radius 3 is 2.65 bits per heavy atom. The molecule has 0 fully saturated rings. The summed E-state index contributed by atoms with van der Waals surface area (Å²) in [7, 11) is 0. The number of aromatic nitrogens is 6. The Labute approximate surface area is 172 Å². The SMILES string of the molecule is O=C(NCc1cccnc1-n1cccn1)c1nnn(-c2cccc(F)c2)c1C(F)(F)F. The summed E-state index contributed by atoms with van der Waals surface area (Å²) in [4.78, 5) is 16.7.